The molecule has 112 valence electrons. The molecule has 0 bridgehead atoms. The van der Waals surface area contributed by atoms with Gasteiger partial charge in [-0.25, -0.2) is 0 Å². The third kappa shape index (κ3) is 2.37. The average molecular weight is 306 g/mol. The molecule has 6 heteroatoms. The first-order valence-electron chi connectivity index (χ1n) is 7.05. The van der Waals surface area contributed by atoms with Crippen LogP contribution >= 0.6 is 11.3 Å². The van der Waals surface area contributed by atoms with Gasteiger partial charge in [0.1, 0.15) is 6.04 Å². The first-order chi connectivity index (χ1) is 9.77. The van der Waals surface area contributed by atoms with Gasteiger partial charge in [-0.1, -0.05) is 20.8 Å². The van der Waals surface area contributed by atoms with Gasteiger partial charge >= 0.3 is 0 Å². The lowest BCUT2D eigenvalue weighted by Gasteiger charge is -2.29. The van der Waals surface area contributed by atoms with Gasteiger partial charge in [0, 0.05) is 16.2 Å². The fourth-order valence-corrected chi connectivity index (χ4v) is 3.92. The lowest BCUT2D eigenvalue weighted by molar-refractivity contribution is -0.136. The number of hydrogen-bond donors (Lipinski definition) is 1. The molecule has 2 aliphatic rings. The molecule has 0 radical (unpaired) electrons. The van der Waals surface area contributed by atoms with Crippen molar-refractivity contribution in [3.05, 3.63) is 21.4 Å². The average Bonchev–Trinajstić information content (AvgIpc) is 2.90. The summed E-state index contributed by atoms with van der Waals surface area (Å²) < 4.78 is 0. The number of carbonyl (C=O) groups excluding carboxylic acids is 3. The highest BCUT2D eigenvalue weighted by Crippen LogP contribution is 2.38. The minimum atomic E-state index is -0.520. The summed E-state index contributed by atoms with van der Waals surface area (Å²) in [5.41, 5.74) is 0.740. The number of carbonyl (C=O) groups is 3. The molecule has 21 heavy (non-hydrogen) atoms. The van der Waals surface area contributed by atoms with E-state index in [1.54, 1.807) is 16.2 Å². The molecule has 0 saturated carbocycles. The summed E-state index contributed by atoms with van der Waals surface area (Å²) in [6.07, 6.45) is 0.707. The van der Waals surface area contributed by atoms with Crippen molar-refractivity contribution < 1.29 is 14.4 Å². The molecule has 3 amide bonds. The van der Waals surface area contributed by atoms with E-state index in [0.717, 1.165) is 10.4 Å². The van der Waals surface area contributed by atoms with E-state index in [1.165, 1.54) is 4.88 Å². The summed E-state index contributed by atoms with van der Waals surface area (Å²) >= 11 is 1.64. The van der Waals surface area contributed by atoms with Crippen molar-refractivity contribution in [1.82, 2.24) is 10.2 Å². The van der Waals surface area contributed by atoms with Gasteiger partial charge in [0.25, 0.3) is 5.91 Å². The van der Waals surface area contributed by atoms with Crippen molar-refractivity contribution in [3.63, 3.8) is 0 Å². The minimum absolute atomic E-state index is 0.0226. The van der Waals surface area contributed by atoms with Crippen LogP contribution in [0.1, 0.15) is 53.7 Å². The Balaban J connectivity index is 1.83. The molecule has 1 N–H and O–H groups in total. The summed E-state index contributed by atoms with van der Waals surface area (Å²) in [5, 5.41) is 2.31. The van der Waals surface area contributed by atoms with Crippen LogP contribution in [0.25, 0.3) is 0 Å². The van der Waals surface area contributed by atoms with E-state index in [9.17, 15) is 14.4 Å². The second-order valence-corrected chi connectivity index (χ2v) is 7.73. The molecular formula is C15H18N2O3S. The SMILES string of the molecule is CC(C)(C)c1cc2c(s1)CN(C1CCC(=O)NC1=O)C2=O. The standard InChI is InChI=1S/C15H18N2O3S/c1-15(2,3)11-6-8-10(21-11)7-17(14(8)20)9-4-5-12(18)16-13(9)19/h6,9H,4-5,7H2,1-3H3,(H,16,18,19). The van der Waals surface area contributed by atoms with Crippen molar-refractivity contribution in [1.29, 1.82) is 0 Å². The maximum atomic E-state index is 12.5. The van der Waals surface area contributed by atoms with Crippen LogP contribution in [0.4, 0.5) is 0 Å². The number of rotatable bonds is 1. The first-order valence-corrected chi connectivity index (χ1v) is 7.87. The van der Waals surface area contributed by atoms with Gasteiger partial charge in [-0.3, -0.25) is 19.7 Å². The van der Waals surface area contributed by atoms with Gasteiger partial charge < -0.3 is 4.90 Å². The van der Waals surface area contributed by atoms with Crippen molar-refractivity contribution >= 4 is 29.1 Å². The van der Waals surface area contributed by atoms with Crippen molar-refractivity contribution in [2.24, 2.45) is 0 Å². The van der Waals surface area contributed by atoms with Gasteiger partial charge in [0.2, 0.25) is 11.8 Å². The second-order valence-electron chi connectivity index (χ2n) is 6.60. The van der Waals surface area contributed by atoms with Crippen LogP contribution in [0.2, 0.25) is 0 Å². The van der Waals surface area contributed by atoms with Crippen LogP contribution in [-0.4, -0.2) is 28.7 Å². The molecule has 0 spiro atoms. The lowest BCUT2D eigenvalue weighted by Crippen LogP contribution is -2.52. The predicted octanol–water partition coefficient (Wildman–Crippen LogP) is 1.81. The smallest absolute Gasteiger partial charge is 0.256 e. The van der Waals surface area contributed by atoms with E-state index in [1.807, 2.05) is 6.07 Å². The molecule has 3 rings (SSSR count). The highest BCUT2D eigenvalue weighted by atomic mass is 32.1. The van der Waals surface area contributed by atoms with Crippen LogP contribution in [0.5, 0.6) is 0 Å². The third-order valence-corrected chi connectivity index (χ3v) is 5.49. The van der Waals surface area contributed by atoms with Crippen LogP contribution in [0.15, 0.2) is 6.07 Å². The van der Waals surface area contributed by atoms with E-state index in [-0.39, 0.29) is 23.1 Å². The Labute approximate surface area is 127 Å². The first kappa shape index (κ1) is 14.3. The zero-order valence-electron chi connectivity index (χ0n) is 12.4. The number of fused-ring (bicyclic) bond motifs is 1. The molecular weight excluding hydrogens is 288 g/mol. The summed E-state index contributed by atoms with van der Waals surface area (Å²) in [4.78, 5) is 39.4. The largest absolute Gasteiger partial charge is 0.321 e. The molecule has 3 heterocycles. The quantitative estimate of drug-likeness (QED) is 0.805. The van der Waals surface area contributed by atoms with Gasteiger partial charge in [-0.2, -0.15) is 0 Å². The molecule has 2 aliphatic heterocycles. The van der Waals surface area contributed by atoms with Gasteiger partial charge in [0.15, 0.2) is 0 Å². The van der Waals surface area contributed by atoms with E-state index in [4.69, 9.17) is 0 Å². The van der Waals surface area contributed by atoms with E-state index >= 15 is 0 Å². The highest BCUT2D eigenvalue weighted by molar-refractivity contribution is 7.12. The molecule has 1 unspecified atom stereocenters. The monoisotopic (exact) mass is 306 g/mol. The Hall–Kier alpha value is -1.69. The Morgan fingerprint density at radius 2 is 2.00 bits per heavy atom. The molecule has 0 aromatic carbocycles. The van der Waals surface area contributed by atoms with E-state index in [0.29, 0.717) is 19.4 Å². The number of thiophene rings is 1. The van der Waals surface area contributed by atoms with Gasteiger partial charge in [-0.15, -0.1) is 11.3 Å². The fraction of sp³-hybridized carbons (Fsp3) is 0.533. The maximum Gasteiger partial charge on any atom is 0.256 e. The summed E-state index contributed by atoms with van der Waals surface area (Å²) in [5.74, 6) is -0.704. The highest BCUT2D eigenvalue weighted by Gasteiger charge is 2.40. The molecule has 1 saturated heterocycles. The number of nitrogens with one attached hydrogen (secondary N) is 1. The number of imide groups is 1. The Morgan fingerprint density at radius 3 is 2.57 bits per heavy atom. The van der Waals surface area contributed by atoms with Gasteiger partial charge in [-0.05, 0) is 17.9 Å². The zero-order chi connectivity index (χ0) is 15.4. The number of amides is 3. The molecule has 1 fully saturated rings. The van der Waals surface area contributed by atoms with Crippen LogP contribution < -0.4 is 5.32 Å². The predicted molar refractivity (Wildman–Crippen MR) is 79.1 cm³/mol. The normalized spacial score (nSPS) is 22.5. The number of hydrogen-bond acceptors (Lipinski definition) is 4. The Kier molecular flexibility index (Phi) is 3.16. The lowest BCUT2D eigenvalue weighted by atomic mass is 9.94. The third-order valence-electron chi connectivity index (χ3n) is 3.94. The molecule has 1 atom stereocenters. The molecule has 0 aliphatic carbocycles. The fourth-order valence-electron chi connectivity index (χ4n) is 2.71. The van der Waals surface area contributed by atoms with Crippen molar-refractivity contribution in [3.8, 4) is 0 Å². The Morgan fingerprint density at radius 1 is 1.29 bits per heavy atom. The van der Waals surface area contributed by atoms with Crippen LogP contribution in [0.3, 0.4) is 0 Å². The van der Waals surface area contributed by atoms with Crippen LogP contribution in [-0.2, 0) is 21.5 Å². The second kappa shape index (κ2) is 4.66. The topological polar surface area (TPSA) is 66.5 Å². The van der Waals surface area contributed by atoms with Crippen molar-refractivity contribution in [2.45, 2.75) is 51.6 Å². The zero-order valence-corrected chi connectivity index (χ0v) is 13.2. The van der Waals surface area contributed by atoms with E-state index < -0.39 is 6.04 Å². The summed E-state index contributed by atoms with van der Waals surface area (Å²) in [6, 6.07) is 1.43. The summed E-state index contributed by atoms with van der Waals surface area (Å²) in [7, 11) is 0. The maximum absolute atomic E-state index is 12.5. The molecule has 1 aromatic heterocycles. The van der Waals surface area contributed by atoms with E-state index in [2.05, 4.69) is 26.1 Å². The summed E-state index contributed by atoms with van der Waals surface area (Å²) in [6.45, 7) is 6.84. The number of nitrogens with zero attached hydrogens (tertiary/aromatic N) is 1. The molecule has 1 aromatic rings. The number of piperidine rings is 1. The van der Waals surface area contributed by atoms with Crippen molar-refractivity contribution in [2.75, 3.05) is 0 Å². The Bertz CT molecular complexity index is 642. The van der Waals surface area contributed by atoms with Crippen LogP contribution in [0, 0.1) is 0 Å². The van der Waals surface area contributed by atoms with Gasteiger partial charge in [0.05, 0.1) is 12.1 Å². The molecule has 5 nitrogen and oxygen atoms in total. The minimum Gasteiger partial charge on any atom is -0.321 e.